The highest BCUT2D eigenvalue weighted by molar-refractivity contribution is 14.1. The summed E-state index contributed by atoms with van der Waals surface area (Å²) < 4.78 is 6.52. The SMILES string of the molecule is Ic1cncnc1OC1CNC1. The number of halogens is 1. The molecule has 0 aliphatic carbocycles. The molecule has 12 heavy (non-hydrogen) atoms. The lowest BCUT2D eigenvalue weighted by Gasteiger charge is -2.27. The maximum atomic E-state index is 5.56. The number of rotatable bonds is 2. The summed E-state index contributed by atoms with van der Waals surface area (Å²) in [5, 5.41) is 3.13. The number of ether oxygens (including phenoxy) is 1. The predicted octanol–water partition coefficient (Wildman–Crippen LogP) is 0.432. The molecule has 0 unspecified atom stereocenters. The topological polar surface area (TPSA) is 47.0 Å². The van der Waals surface area contributed by atoms with Gasteiger partial charge in [0.1, 0.15) is 12.4 Å². The average Bonchev–Trinajstić information content (AvgIpc) is 2.00. The third-order valence-electron chi connectivity index (χ3n) is 1.66. The molecule has 1 fully saturated rings. The Hall–Kier alpha value is -0.430. The van der Waals surface area contributed by atoms with Crippen LogP contribution in [0.5, 0.6) is 5.88 Å². The first kappa shape index (κ1) is 8.18. The molecule has 0 atom stereocenters. The van der Waals surface area contributed by atoms with Gasteiger partial charge in [-0.3, -0.25) is 0 Å². The molecule has 1 N–H and O–H groups in total. The van der Waals surface area contributed by atoms with Crippen LogP contribution < -0.4 is 10.1 Å². The fourth-order valence-electron chi connectivity index (χ4n) is 0.892. The lowest BCUT2D eigenvalue weighted by molar-refractivity contribution is 0.134. The minimum Gasteiger partial charge on any atom is -0.471 e. The second kappa shape index (κ2) is 3.53. The van der Waals surface area contributed by atoms with E-state index in [0.29, 0.717) is 5.88 Å². The largest absolute Gasteiger partial charge is 0.471 e. The van der Waals surface area contributed by atoms with Crippen molar-refractivity contribution in [3.05, 3.63) is 16.1 Å². The van der Waals surface area contributed by atoms with E-state index >= 15 is 0 Å². The van der Waals surface area contributed by atoms with Gasteiger partial charge in [0.05, 0.1) is 3.57 Å². The van der Waals surface area contributed by atoms with E-state index in [1.165, 1.54) is 6.33 Å². The Morgan fingerprint density at radius 2 is 2.42 bits per heavy atom. The van der Waals surface area contributed by atoms with Crippen LogP contribution in [0.1, 0.15) is 0 Å². The summed E-state index contributed by atoms with van der Waals surface area (Å²) in [6, 6.07) is 0. The van der Waals surface area contributed by atoms with E-state index in [1.54, 1.807) is 6.20 Å². The molecule has 5 heteroatoms. The van der Waals surface area contributed by atoms with E-state index in [2.05, 4.69) is 37.9 Å². The Balaban J connectivity index is 2.06. The Morgan fingerprint density at radius 3 is 3.00 bits per heavy atom. The molecule has 4 nitrogen and oxygen atoms in total. The van der Waals surface area contributed by atoms with Gasteiger partial charge in [0, 0.05) is 19.3 Å². The lowest BCUT2D eigenvalue weighted by Crippen LogP contribution is -2.50. The fourth-order valence-corrected chi connectivity index (χ4v) is 1.32. The minimum atomic E-state index is 0.286. The smallest absolute Gasteiger partial charge is 0.230 e. The van der Waals surface area contributed by atoms with Crippen molar-refractivity contribution in [2.45, 2.75) is 6.10 Å². The van der Waals surface area contributed by atoms with Gasteiger partial charge < -0.3 is 10.1 Å². The summed E-state index contributed by atoms with van der Waals surface area (Å²) in [6.07, 6.45) is 3.53. The summed E-state index contributed by atoms with van der Waals surface area (Å²) >= 11 is 2.16. The van der Waals surface area contributed by atoms with Crippen LogP contribution in [-0.4, -0.2) is 29.2 Å². The third-order valence-corrected chi connectivity index (χ3v) is 2.40. The van der Waals surface area contributed by atoms with Gasteiger partial charge in [-0.05, 0) is 22.6 Å². The zero-order valence-corrected chi connectivity index (χ0v) is 8.48. The molecule has 0 spiro atoms. The van der Waals surface area contributed by atoms with E-state index in [9.17, 15) is 0 Å². The normalized spacial score (nSPS) is 17.1. The molecule has 1 aliphatic rings. The minimum absolute atomic E-state index is 0.286. The molecule has 1 aromatic heterocycles. The highest BCUT2D eigenvalue weighted by Gasteiger charge is 2.19. The summed E-state index contributed by atoms with van der Waals surface area (Å²) in [7, 11) is 0. The number of nitrogens with one attached hydrogen (secondary N) is 1. The summed E-state index contributed by atoms with van der Waals surface area (Å²) in [4.78, 5) is 7.91. The molecule has 0 amide bonds. The maximum absolute atomic E-state index is 5.56. The van der Waals surface area contributed by atoms with Crippen LogP contribution in [0.2, 0.25) is 0 Å². The quantitative estimate of drug-likeness (QED) is 0.796. The molecule has 1 aliphatic heterocycles. The Labute approximate surface area is 83.9 Å². The molecule has 1 saturated heterocycles. The van der Waals surface area contributed by atoms with Gasteiger partial charge in [-0.25, -0.2) is 9.97 Å². The number of aromatic nitrogens is 2. The van der Waals surface area contributed by atoms with Crippen molar-refractivity contribution in [2.75, 3.05) is 13.1 Å². The van der Waals surface area contributed by atoms with E-state index in [0.717, 1.165) is 16.7 Å². The van der Waals surface area contributed by atoms with E-state index in [4.69, 9.17) is 4.74 Å². The molecule has 64 valence electrons. The number of hydrogen-bond acceptors (Lipinski definition) is 4. The van der Waals surface area contributed by atoms with Crippen LogP contribution in [0.4, 0.5) is 0 Å². The van der Waals surface area contributed by atoms with Gasteiger partial charge in [-0.2, -0.15) is 0 Å². The summed E-state index contributed by atoms with van der Waals surface area (Å²) in [5.74, 6) is 0.692. The number of nitrogens with zero attached hydrogens (tertiary/aromatic N) is 2. The zero-order chi connectivity index (χ0) is 8.39. The van der Waals surface area contributed by atoms with Crippen molar-refractivity contribution in [3.63, 3.8) is 0 Å². The van der Waals surface area contributed by atoms with Crippen molar-refractivity contribution < 1.29 is 4.74 Å². The van der Waals surface area contributed by atoms with Crippen LogP contribution in [0.25, 0.3) is 0 Å². The molecular weight excluding hydrogens is 269 g/mol. The molecule has 0 saturated carbocycles. The monoisotopic (exact) mass is 277 g/mol. The zero-order valence-electron chi connectivity index (χ0n) is 6.33. The maximum Gasteiger partial charge on any atom is 0.230 e. The van der Waals surface area contributed by atoms with E-state index in [1.807, 2.05) is 0 Å². The summed E-state index contributed by atoms with van der Waals surface area (Å²) in [5.41, 5.74) is 0. The van der Waals surface area contributed by atoms with Crippen molar-refractivity contribution in [2.24, 2.45) is 0 Å². The van der Waals surface area contributed by atoms with Crippen LogP contribution in [0, 0.1) is 3.57 Å². The van der Waals surface area contributed by atoms with Crippen LogP contribution in [0.15, 0.2) is 12.5 Å². The van der Waals surface area contributed by atoms with Gasteiger partial charge >= 0.3 is 0 Å². The average molecular weight is 277 g/mol. The Bertz CT molecular complexity index is 277. The highest BCUT2D eigenvalue weighted by Crippen LogP contribution is 2.17. The van der Waals surface area contributed by atoms with Crippen molar-refractivity contribution in [3.8, 4) is 5.88 Å². The van der Waals surface area contributed by atoms with Crippen LogP contribution in [0.3, 0.4) is 0 Å². The molecule has 0 aromatic carbocycles. The van der Waals surface area contributed by atoms with Gasteiger partial charge in [0.25, 0.3) is 0 Å². The third kappa shape index (κ3) is 1.66. The van der Waals surface area contributed by atoms with Crippen molar-refractivity contribution in [1.29, 1.82) is 0 Å². The fraction of sp³-hybridized carbons (Fsp3) is 0.429. The molecule has 2 heterocycles. The first-order chi connectivity index (χ1) is 5.86. The van der Waals surface area contributed by atoms with Gasteiger partial charge in [0.2, 0.25) is 5.88 Å². The Kier molecular flexibility index (Phi) is 2.40. The molecule has 0 bridgehead atoms. The van der Waals surface area contributed by atoms with Crippen LogP contribution >= 0.6 is 22.6 Å². The van der Waals surface area contributed by atoms with Crippen LogP contribution in [-0.2, 0) is 0 Å². The van der Waals surface area contributed by atoms with Gasteiger partial charge in [-0.15, -0.1) is 0 Å². The van der Waals surface area contributed by atoms with E-state index < -0.39 is 0 Å². The molecule has 1 aromatic rings. The first-order valence-corrected chi connectivity index (χ1v) is 4.77. The molecule has 2 rings (SSSR count). The van der Waals surface area contributed by atoms with Crippen molar-refractivity contribution >= 4 is 22.6 Å². The standard InChI is InChI=1S/C7H8IN3O/c8-6-3-10-4-11-7(6)12-5-1-9-2-5/h3-5,9H,1-2H2. The predicted molar refractivity (Wildman–Crippen MR) is 52.0 cm³/mol. The summed E-state index contributed by atoms with van der Waals surface area (Å²) in [6.45, 7) is 1.83. The first-order valence-electron chi connectivity index (χ1n) is 3.69. The second-order valence-corrected chi connectivity index (χ2v) is 3.74. The second-order valence-electron chi connectivity index (χ2n) is 2.57. The lowest BCUT2D eigenvalue weighted by atomic mass is 10.2. The van der Waals surface area contributed by atoms with E-state index in [-0.39, 0.29) is 6.10 Å². The molecular formula is C7H8IN3O. The number of hydrogen-bond donors (Lipinski definition) is 1. The van der Waals surface area contributed by atoms with Crippen molar-refractivity contribution in [1.82, 2.24) is 15.3 Å². The molecule has 0 radical (unpaired) electrons. The van der Waals surface area contributed by atoms with Gasteiger partial charge in [0.15, 0.2) is 0 Å². The highest BCUT2D eigenvalue weighted by atomic mass is 127. The van der Waals surface area contributed by atoms with Gasteiger partial charge in [-0.1, -0.05) is 0 Å². The Morgan fingerprint density at radius 1 is 1.58 bits per heavy atom.